The molecule has 2 aromatic carbocycles. The summed E-state index contributed by atoms with van der Waals surface area (Å²) >= 11 is 0. The normalized spacial score (nSPS) is 17.6. The molecule has 1 atom stereocenters. The van der Waals surface area contributed by atoms with Crippen LogP contribution in [0, 0.1) is 11.6 Å². The minimum atomic E-state index is -0.925. The molecule has 1 heterocycles. The lowest BCUT2D eigenvalue weighted by atomic mass is 10.0. The fraction of sp³-hybridized carbons (Fsp3) is 0.400. The second-order valence-electron chi connectivity index (χ2n) is 6.63. The molecule has 0 bridgehead atoms. The van der Waals surface area contributed by atoms with Crippen LogP contribution in [0.25, 0.3) is 0 Å². The minimum Gasteiger partial charge on any atom is -0.387 e. The molecule has 0 amide bonds. The standard InChI is InChI=1S/C20H24F2N2O/c21-18-7-6-16(12-19(18)22)20(25)13-23-17-8-10-24(11-9-17)14-15-4-2-1-3-5-15/h1-7,12,17,20,23,25H,8-11,13-14H2/t20-/m1/s1. The first kappa shape index (κ1) is 18.0. The minimum absolute atomic E-state index is 0.340. The Balaban J connectivity index is 1.42. The van der Waals surface area contributed by atoms with Crippen molar-refractivity contribution in [3.05, 3.63) is 71.3 Å². The Bertz CT molecular complexity index is 673. The van der Waals surface area contributed by atoms with Crippen LogP contribution in [0.2, 0.25) is 0 Å². The summed E-state index contributed by atoms with van der Waals surface area (Å²) in [5, 5.41) is 13.5. The summed E-state index contributed by atoms with van der Waals surface area (Å²) < 4.78 is 26.2. The van der Waals surface area contributed by atoms with Gasteiger partial charge in [0.15, 0.2) is 11.6 Å². The van der Waals surface area contributed by atoms with E-state index in [0.717, 1.165) is 44.6 Å². The van der Waals surface area contributed by atoms with Gasteiger partial charge in [-0.15, -0.1) is 0 Å². The molecule has 0 saturated carbocycles. The third-order valence-corrected chi connectivity index (χ3v) is 4.76. The van der Waals surface area contributed by atoms with Gasteiger partial charge in [-0.2, -0.15) is 0 Å². The number of benzene rings is 2. The van der Waals surface area contributed by atoms with Crippen LogP contribution in [-0.4, -0.2) is 35.7 Å². The molecule has 3 rings (SSSR count). The van der Waals surface area contributed by atoms with Crippen molar-refractivity contribution in [2.24, 2.45) is 0 Å². The van der Waals surface area contributed by atoms with E-state index in [-0.39, 0.29) is 0 Å². The molecule has 1 fully saturated rings. The molecule has 25 heavy (non-hydrogen) atoms. The molecule has 0 radical (unpaired) electrons. The highest BCUT2D eigenvalue weighted by molar-refractivity contribution is 5.20. The van der Waals surface area contributed by atoms with E-state index in [4.69, 9.17) is 0 Å². The predicted molar refractivity (Wildman–Crippen MR) is 94.1 cm³/mol. The highest BCUT2D eigenvalue weighted by Gasteiger charge is 2.20. The number of rotatable bonds is 6. The van der Waals surface area contributed by atoms with Gasteiger partial charge in [0, 0.05) is 19.1 Å². The molecule has 0 spiro atoms. The first-order chi connectivity index (χ1) is 12.1. The second kappa shape index (κ2) is 8.52. The second-order valence-corrected chi connectivity index (χ2v) is 6.63. The van der Waals surface area contributed by atoms with Crippen LogP contribution in [0.15, 0.2) is 48.5 Å². The molecule has 3 nitrogen and oxygen atoms in total. The van der Waals surface area contributed by atoms with Gasteiger partial charge < -0.3 is 10.4 Å². The Kier molecular flexibility index (Phi) is 6.13. The van der Waals surface area contributed by atoms with Gasteiger partial charge in [0.05, 0.1) is 6.10 Å². The highest BCUT2D eigenvalue weighted by atomic mass is 19.2. The van der Waals surface area contributed by atoms with Crippen LogP contribution in [0.1, 0.15) is 30.1 Å². The maximum atomic E-state index is 13.2. The fourth-order valence-electron chi connectivity index (χ4n) is 3.25. The van der Waals surface area contributed by atoms with Crippen LogP contribution in [0.4, 0.5) is 8.78 Å². The number of halogens is 2. The van der Waals surface area contributed by atoms with Gasteiger partial charge in [-0.3, -0.25) is 4.90 Å². The van der Waals surface area contributed by atoms with Crippen molar-refractivity contribution in [2.45, 2.75) is 31.5 Å². The molecular formula is C20H24F2N2O. The maximum Gasteiger partial charge on any atom is 0.159 e. The summed E-state index contributed by atoms with van der Waals surface area (Å²) in [6, 6.07) is 14.3. The third-order valence-electron chi connectivity index (χ3n) is 4.76. The summed E-state index contributed by atoms with van der Waals surface area (Å²) in [7, 11) is 0. The molecule has 5 heteroatoms. The summed E-state index contributed by atoms with van der Waals surface area (Å²) in [4.78, 5) is 2.43. The van der Waals surface area contributed by atoms with E-state index >= 15 is 0 Å². The van der Waals surface area contributed by atoms with E-state index in [0.29, 0.717) is 18.2 Å². The zero-order valence-corrected chi connectivity index (χ0v) is 14.2. The highest BCUT2D eigenvalue weighted by Crippen LogP contribution is 2.18. The average molecular weight is 346 g/mol. The third kappa shape index (κ3) is 5.08. The SMILES string of the molecule is O[C@H](CNC1CCN(Cc2ccccc2)CC1)c1ccc(F)c(F)c1. The number of piperidine rings is 1. The quantitative estimate of drug-likeness (QED) is 0.843. The Hall–Kier alpha value is -1.82. The summed E-state index contributed by atoms with van der Waals surface area (Å²) in [6.45, 7) is 3.32. The molecule has 0 aromatic heterocycles. The average Bonchev–Trinajstić information content (AvgIpc) is 2.64. The summed E-state index contributed by atoms with van der Waals surface area (Å²) in [5.74, 6) is -1.82. The van der Waals surface area contributed by atoms with Crippen LogP contribution in [-0.2, 0) is 6.54 Å². The molecule has 0 aliphatic carbocycles. The van der Waals surface area contributed by atoms with Crippen molar-refractivity contribution in [2.75, 3.05) is 19.6 Å². The van der Waals surface area contributed by atoms with Crippen LogP contribution < -0.4 is 5.32 Å². The zero-order valence-electron chi connectivity index (χ0n) is 14.2. The molecule has 2 N–H and O–H groups in total. The van der Waals surface area contributed by atoms with E-state index in [1.54, 1.807) is 0 Å². The van der Waals surface area contributed by atoms with E-state index in [2.05, 4.69) is 34.5 Å². The lowest BCUT2D eigenvalue weighted by Crippen LogP contribution is -2.43. The Morgan fingerprint density at radius 3 is 2.44 bits per heavy atom. The van der Waals surface area contributed by atoms with Crippen molar-refractivity contribution < 1.29 is 13.9 Å². The van der Waals surface area contributed by atoms with Gasteiger partial charge in [0.2, 0.25) is 0 Å². The molecule has 1 saturated heterocycles. The van der Waals surface area contributed by atoms with Gasteiger partial charge in [-0.25, -0.2) is 8.78 Å². The number of aliphatic hydroxyl groups excluding tert-OH is 1. The van der Waals surface area contributed by atoms with Gasteiger partial charge >= 0.3 is 0 Å². The Morgan fingerprint density at radius 2 is 1.76 bits per heavy atom. The number of hydrogen-bond donors (Lipinski definition) is 2. The van der Waals surface area contributed by atoms with Crippen molar-refractivity contribution in [3.63, 3.8) is 0 Å². The Morgan fingerprint density at radius 1 is 1.04 bits per heavy atom. The number of nitrogens with one attached hydrogen (secondary N) is 1. The topological polar surface area (TPSA) is 35.5 Å². The van der Waals surface area contributed by atoms with E-state index < -0.39 is 17.7 Å². The van der Waals surface area contributed by atoms with E-state index in [1.807, 2.05) is 6.07 Å². The summed E-state index contributed by atoms with van der Waals surface area (Å²) in [6.07, 6.45) is 1.19. The number of aliphatic hydroxyl groups is 1. The molecular weight excluding hydrogens is 322 g/mol. The fourth-order valence-corrected chi connectivity index (χ4v) is 3.25. The first-order valence-corrected chi connectivity index (χ1v) is 8.74. The molecule has 2 aromatic rings. The molecule has 1 aliphatic heterocycles. The monoisotopic (exact) mass is 346 g/mol. The van der Waals surface area contributed by atoms with Crippen molar-refractivity contribution in [1.29, 1.82) is 0 Å². The van der Waals surface area contributed by atoms with Gasteiger partial charge in [0.1, 0.15) is 0 Å². The van der Waals surface area contributed by atoms with E-state index in [1.165, 1.54) is 11.6 Å². The zero-order chi connectivity index (χ0) is 17.6. The Labute approximate surface area is 147 Å². The summed E-state index contributed by atoms with van der Waals surface area (Å²) in [5.41, 5.74) is 1.72. The predicted octanol–water partition coefficient (Wildman–Crippen LogP) is 3.25. The number of hydrogen-bond acceptors (Lipinski definition) is 3. The maximum absolute atomic E-state index is 13.2. The lowest BCUT2D eigenvalue weighted by molar-refractivity contribution is 0.149. The van der Waals surface area contributed by atoms with Crippen molar-refractivity contribution >= 4 is 0 Å². The lowest BCUT2D eigenvalue weighted by Gasteiger charge is -2.33. The smallest absolute Gasteiger partial charge is 0.159 e. The number of likely N-dealkylation sites (tertiary alicyclic amines) is 1. The van der Waals surface area contributed by atoms with Crippen molar-refractivity contribution in [3.8, 4) is 0 Å². The number of nitrogens with zero attached hydrogens (tertiary/aromatic N) is 1. The van der Waals surface area contributed by atoms with Gasteiger partial charge in [0.25, 0.3) is 0 Å². The van der Waals surface area contributed by atoms with Gasteiger partial charge in [-0.1, -0.05) is 36.4 Å². The molecule has 134 valence electrons. The first-order valence-electron chi connectivity index (χ1n) is 8.74. The van der Waals surface area contributed by atoms with Crippen LogP contribution in [0.3, 0.4) is 0 Å². The van der Waals surface area contributed by atoms with Crippen LogP contribution in [0.5, 0.6) is 0 Å². The largest absolute Gasteiger partial charge is 0.387 e. The molecule has 1 aliphatic rings. The van der Waals surface area contributed by atoms with E-state index in [9.17, 15) is 13.9 Å². The van der Waals surface area contributed by atoms with Gasteiger partial charge in [-0.05, 0) is 49.2 Å². The van der Waals surface area contributed by atoms with Crippen molar-refractivity contribution in [1.82, 2.24) is 10.2 Å². The molecule has 0 unspecified atom stereocenters. The van der Waals surface area contributed by atoms with Crippen LogP contribution >= 0.6 is 0 Å².